The maximum absolute atomic E-state index is 13.7. The fraction of sp³-hybridized carbons (Fsp3) is 0.391. The standard InChI is InChI=1S/C23H25N3O8/c1-26(2)17-11-6-8-5-10-9(13(28)7-24)3-4-12(27)15(10)18(29)14(8)20(31)23(11,34)21(32)16(19(17)30)22(25)33/h3-4,8,11,17,27,29,32,34H,5-7,24H2,1-2H3,(H2,25,33)/t8-,11-,17-,23-/m0/s1. The van der Waals surface area contributed by atoms with E-state index in [2.05, 4.69) is 0 Å². The van der Waals surface area contributed by atoms with Crippen molar-refractivity contribution in [2.45, 2.75) is 24.5 Å². The predicted molar refractivity (Wildman–Crippen MR) is 118 cm³/mol. The summed E-state index contributed by atoms with van der Waals surface area (Å²) in [5.41, 5.74) is 7.25. The van der Waals surface area contributed by atoms with Crippen molar-refractivity contribution >= 4 is 29.0 Å². The molecule has 0 radical (unpaired) electrons. The Kier molecular flexibility index (Phi) is 5.39. The van der Waals surface area contributed by atoms with E-state index in [0.29, 0.717) is 5.56 Å². The number of nitrogens with two attached hydrogens (primary N) is 2. The number of carbonyl (C=O) groups excluding carboxylic acids is 4. The molecule has 8 N–H and O–H groups in total. The van der Waals surface area contributed by atoms with Crippen LogP contribution in [0.5, 0.6) is 5.75 Å². The van der Waals surface area contributed by atoms with Crippen LogP contribution in [0.1, 0.15) is 27.9 Å². The van der Waals surface area contributed by atoms with Gasteiger partial charge in [-0.25, -0.2) is 0 Å². The highest BCUT2D eigenvalue weighted by Crippen LogP contribution is 2.52. The molecular formula is C23H25N3O8. The average molecular weight is 471 g/mol. The minimum atomic E-state index is -2.70. The predicted octanol–water partition coefficient (Wildman–Crippen LogP) is -0.895. The number of aliphatic hydroxyl groups excluding tert-OH is 2. The Balaban J connectivity index is 1.99. The molecule has 0 heterocycles. The minimum Gasteiger partial charge on any atom is -0.508 e. The minimum absolute atomic E-state index is 0.0318. The molecule has 0 aromatic heterocycles. The molecule has 0 aliphatic heterocycles. The van der Waals surface area contributed by atoms with Gasteiger partial charge in [-0.15, -0.1) is 0 Å². The number of hydrogen-bond donors (Lipinski definition) is 6. The van der Waals surface area contributed by atoms with Gasteiger partial charge in [-0.1, -0.05) is 0 Å². The molecule has 1 aromatic carbocycles. The first-order chi connectivity index (χ1) is 15.9. The molecule has 0 saturated heterocycles. The fourth-order valence-corrected chi connectivity index (χ4v) is 5.62. The summed E-state index contributed by atoms with van der Waals surface area (Å²) in [4.78, 5) is 52.5. The third-order valence-electron chi connectivity index (χ3n) is 7.09. The summed E-state index contributed by atoms with van der Waals surface area (Å²) < 4.78 is 0. The van der Waals surface area contributed by atoms with Crippen LogP contribution in [0, 0.1) is 11.8 Å². The number of likely N-dealkylation sites (N-methyl/N-ethyl adjacent to an activating group) is 1. The Morgan fingerprint density at radius 2 is 1.82 bits per heavy atom. The number of carbonyl (C=O) groups is 4. The summed E-state index contributed by atoms with van der Waals surface area (Å²) in [5, 5.41) is 43.8. The molecule has 3 aliphatic rings. The van der Waals surface area contributed by atoms with Gasteiger partial charge in [0.05, 0.1) is 18.2 Å². The normalized spacial score (nSPS) is 28.6. The Labute approximate surface area is 194 Å². The van der Waals surface area contributed by atoms with E-state index >= 15 is 0 Å². The van der Waals surface area contributed by atoms with Crippen molar-refractivity contribution in [3.63, 3.8) is 0 Å². The number of primary amides is 1. The summed E-state index contributed by atoms with van der Waals surface area (Å²) in [6, 6.07) is 1.39. The van der Waals surface area contributed by atoms with E-state index in [1.807, 2.05) is 0 Å². The fourth-order valence-electron chi connectivity index (χ4n) is 5.62. The molecule has 0 bridgehead atoms. The highest BCUT2D eigenvalue weighted by molar-refractivity contribution is 6.24. The smallest absolute Gasteiger partial charge is 0.255 e. The molecule has 3 aliphatic carbocycles. The van der Waals surface area contributed by atoms with E-state index in [1.165, 1.54) is 31.1 Å². The van der Waals surface area contributed by atoms with Crippen molar-refractivity contribution in [1.29, 1.82) is 0 Å². The van der Waals surface area contributed by atoms with Crippen LogP contribution >= 0.6 is 0 Å². The number of aliphatic hydroxyl groups is 3. The number of ketones is 3. The van der Waals surface area contributed by atoms with Crippen LogP contribution in [0.3, 0.4) is 0 Å². The van der Waals surface area contributed by atoms with Gasteiger partial charge >= 0.3 is 0 Å². The van der Waals surface area contributed by atoms with Crippen LogP contribution in [-0.4, -0.2) is 80.9 Å². The maximum atomic E-state index is 13.7. The van der Waals surface area contributed by atoms with E-state index in [4.69, 9.17) is 11.5 Å². The van der Waals surface area contributed by atoms with Crippen molar-refractivity contribution in [3.8, 4) is 5.75 Å². The van der Waals surface area contributed by atoms with Gasteiger partial charge in [0, 0.05) is 17.1 Å². The summed E-state index contributed by atoms with van der Waals surface area (Å²) in [6.45, 7) is -0.313. The Morgan fingerprint density at radius 1 is 1.18 bits per heavy atom. The average Bonchev–Trinajstić information content (AvgIpc) is 2.75. The molecular weight excluding hydrogens is 446 g/mol. The first kappa shape index (κ1) is 23.6. The second kappa shape index (κ2) is 7.76. The number of aromatic hydroxyl groups is 1. The molecule has 1 aromatic rings. The number of hydrogen-bond acceptors (Lipinski definition) is 10. The molecule has 180 valence electrons. The maximum Gasteiger partial charge on any atom is 0.255 e. The van der Waals surface area contributed by atoms with Crippen molar-refractivity contribution in [2.24, 2.45) is 23.3 Å². The molecule has 1 fully saturated rings. The SMILES string of the molecule is CN(C)[C@@H]1C(=O)C(C(N)=O)=C(O)[C@@]2(O)C(=O)C3=C(O)c4c(O)ccc(C(=O)CN)c4C[C@H]3C[C@@H]12. The number of amides is 1. The third-order valence-corrected chi connectivity index (χ3v) is 7.09. The molecule has 4 atom stereocenters. The molecule has 34 heavy (non-hydrogen) atoms. The number of rotatable bonds is 4. The van der Waals surface area contributed by atoms with Crippen molar-refractivity contribution in [2.75, 3.05) is 20.6 Å². The van der Waals surface area contributed by atoms with Crippen LogP contribution in [-0.2, 0) is 20.8 Å². The lowest BCUT2D eigenvalue weighted by atomic mass is 9.57. The van der Waals surface area contributed by atoms with Crippen LogP contribution in [0.25, 0.3) is 5.76 Å². The number of nitrogens with zero attached hydrogens (tertiary/aromatic N) is 1. The van der Waals surface area contributed by atoms with Crippen molar-refractivity contribution in [3.05, 3.63) is 45.7 Å². The molecule has 0 spiro atoms. The van der Waals surface area contributed by atoms with Crippen LogP contribution < -0.4 is 11.5 Å². The lowest BCUT2D eigenvalue weighted by Gasteiger charge is -2.50. The number of fused-ring (bicyclic) bond motifs is 3. The largest absolute Gasteiger partial charge is 0.508 e. The van der Waals surface area contributed by atoms with Gasteiger partial charge in [-0.3, -0.25) is 24.1 Å². The summed E-state index contributed by atoms with van der Waals surface area (Å²) in [7, 11) is 3.03. The van der Waals surface area contributed by atoms with Gasteiger partial charge in [0.1, 0.15) is 22.8 Å². The molecule has 11 nitrogen and oxygen atoms in total. The Hall–Kier alpha value is -3.54. The number of phenols is 1. The van der Waals surface area contributed by atoms with E-state index < -0.39 is 69.6 Å². The van der Waals surface area contributed by atoms with Gasteiger partial charge in [0.15, 0.2) is 17.2 Å². The summed E-state index contributed by atoms with van der Waals surface area (Å²) in [6.07, 6.45) is -0.0261. The van der Waals surface area contributed by atoms with Crippen LogP contribution in [0.15, 0.2) is 29.0 Å². The van der Waals surface area contributed by atoms with Crippen LogP contribution in [0.2, 0.25) is 0 Å². The van der Waals surface area contributed by atoms with Crippen LogP contribution in [0.4, 0.5) is 0 Å². The molecule has 4 rings (SSSR count). The monoisotopic (exact) mass is 471 g/mol. The zero-order chi connectivity index (χ0) is 25.3. The lowest BCUT2D eigenvalue weighted by molar-refractivity contribution is -0.153. The first-order valence-electron chi connectivity index (χ1n) is 10.6. The topological polar surface area (TPSA) is 204 Å². The van der Waals surface area contributed by atoms with E-state index in [0.717, 1.165) is 0 Å². The lowest BCUT2D eigenvalue weighted by Crippen LogP contribution is -2.65. The molecule has 1 saturated carbocycles. The van der Waals surface area contributed by atoms with Gasteiger partial charge in [-0.05, 0) is 50.6 Å². The zero-order valence-corrected chi connectivity index (χ0v) is 18.5. The second-order valence-electron chi connectivity index (χ2n) is 9.07. The van der Waals surface area contributed by atoms with E-state index in [-0.39, 0.29) is 36.1 Å². The molecule has 0 unspecified atom stereocenters. The first-order valence-corrected chi connectivity index (χ1v) is 10.6. The number of Topliss-reactive ketones (excluding diaryl/α,β-unsaturated/α-hetero) is 3. The number of phenolic OH excluding ortho intramolecular Hbond substituents is 1. The van der Waals surface area contributed by atoms with Gasteiger partial charge in [0.25, 0.3) is 5.91 Å². The highest BCUT2D eigenvalue weighted by atomic mass is 16.3. The molecule has 11 heteroatoms. The highest BCUT2D eigenvalue weighted by Gasteiger charge is 2.64. The van der Waals surface area contributed by atoms with Gasteiger partial charge in [-0.2, -0.15) is 0 Å². The van der Waals surface area contributed by atoms with Gasteiger partial charge in [0.2, 0.25) is 5.78 Å². The zero-order valence-electron chi connectivity index (χ0n) is 18.5. The second-order valence-corrected chi connectivity index (χ2v) is 9.07. The third kappa shape index (κ3) is 2.94. The quantitative estimate of drug-likeness (QED) is 0.236. The Morgan fingerprint density at radius 3 is 2.38 bits per heavy atom. The van der Waals surface area contributed by atoms with E-state index in [9.17, 15) is 39.6 Å². The summed E-state index contributed by atoms with van der Waals surface area (Å²) in [5.74, 6) is -7.81. The van der Waals surface area contributed by atoms with E-state index in [1.54, 1.807) is 0 Å². The van der Waals surface area contributed by atoms with Crippen molar-refractivity contribution < 1.29 is 39.6 Å². The summed E-state index contributed by atoms with van der Waals surface area (Å²) >= 11 is 0. The molecule has 1 amide bonds. The van der Waals surface area contributed by atoms with Gasteiger partial charge < -0.3 is 31.9 Å². The van der Waals surface area contributed by atoms with Crippen molar-refractivity contribution in [1.82, 2.24) is 4.90 Å². The Bertz CT molecular complexity index is 1230. The number of benzene rings is 1.